The van der Waals surface area contributed by atoms with Crippen molar-refractivity contribution in [2.45, 2.75) is 37.6 Å². The fourth-order valence-corrected chi connectivity index (χ4v) is 3.71. The van der Waals surface area contributed by atoms with Gasteiger partial charge in [0.2, 0.25) is 0 Å². The minimum absolute atomic E-state index is 0.0173. The van der Waals surface area contributed by atoms with Gasteiger partial charge in [0.05, 0.1) is 11.4 Å². The fourth-order valence-electron chi connectivity index (χ4n) is 2.66. The standard InChI is InChI=1S/C20H23N3O2S/c1-20(2,3)17-8-10-19(11-9-17)26(24,25)22-18-7-4-6-16(14-18)15-23-13-5-12-21-23/h4-14,22H,15H2,1-3H3. The van der Waals surface area contributed by atoms with Crippen molar-refractivity contribution in [3.05, 3.63) is 78.1 Å². The van der Waals surface area contributed by atoms with Crippen LogP contribution in [-0.4, -0.2) is 18.2 Å². The van der Waals surface area contributed by atoms with Crippen LogP contribution in [0.1, 0.15) is 31.9 Å². The highest BCUT2D eigenvalue weighted by Gasteiger charge is 2.17. The maximum Gasteiger partial charge on any atom is 0.261 e. The minimum atomic E-state index is -3.63. The largest absolute Gasteiger partial charge is 0.280 e. The molecule has 1 N–H and O–H groups in total. The third kappa shape index (κ3) is 4.32. The Balaban J connectivity index is 1.79. The molecule has 0 amide bonds. The molecule has 0 bridgehead atoms. The third-order valence-corrected chi connectivity index (χ3v) is 5.51. The molecule has 0 unspecified atom stereocenters. The maximum absolute atomic E-state index is 12.7. The second-order valence-electron chi connectivity index (χ2n) is 7.28. The van der Waals surface area contributed by atoms with Crippen molar-refractivity contribution in [3.63, 3.8) is 0 Å². The first kappa shape index (κ1) is 18.2. The molecule has 0 radical (unpaired) electrons. The Morgan fingerprint density at radius 1 is 1.04 bits per heavy atom. The number of anilines is 1. The van der Waals surface area contributed by atoms with Gasteiger partial charge in [-0.3, -0.25) is 9.40 Å². The molecule has 136 valence electrons. The number of benzene rings is 2. The summed E-state index contributed by atoms with van der Waals surface area (Å²) in [7, 11) is -3.63. The highest BCUT2D eigenvalue weighted by Crippen LogP contribution is 2.24. The molecule has 6 heteroatoms. The Hall–Kier alpha value is -2.60. The molecule has 1 aromatic heterocycles. The summed E-state index contributed by atoms with van der Waals surface area (Å²) in [5.74, 6) is 0. The van der Waals surface area contributed by atoms with E-state index in [0.717, 1.165) is 11.1 Å². The number of nitrogens with one attached hydrogen (secondary N) is 1. The Bertz CT molecular complexity index is 971. The van der Waals surface area contributed by atoms with Gasteiger partial charge in [0.25, 0.3) is 10.0 Å². The van der Waals surface area contributed by atoms with Crippen molar-refractivity contribution in [1.82, 2.24) is 9.78 Å². The van der Waals surface area contributed by atoms with Crippen molar-refractivity contribution in [2.24, 2.45) is 0 Å². The summed E-state index contributed by atoms with van der Waals surface area (Å²) in [6.07, 6.45) is 3.58. The first-order valence-corrected chi connectivity index (χ1v) is 9.92. The van der Waals surface area contributed by atoms with E-state index in [1.165, 1.54) is 0 Å². The maximum atomic E-state index is 12.7. The number of rotatable bonds is 5. The third-order valence-electron chi connectivity index (χ3n) is 4.11. The molecular weight excluding hydrogens is 346 g/mol. The molecular formula is C20H23N3O2S. The molecule has 5 nitrogen and oxygen atoms in total. The van der Waals surface area contributed by atoms with Crippen molar-refractivity contribution in [3.8, 4) is 0 Å². The molecule has 0 atom stereocenters. The Labute approximate surface area is 154 Å². The Morgan fingerprint density at radius 2 is 1.77 bits per heavy atom. The lowest BCUT2D eigenvalue weighted by Crippen LogP contribution is -2.15. The smallest absolute Gasteiger partial charge is 0.261 e. The van der Waals surface area contributed by atoms with Gasteiger partial charge in [0.1, 0.15) is 0 Å². The summed E-state index contributed by atoms with van der Waals surface area (Å²) in [6.45, 7) is 6.88. The normalized spacial score (nSPS) is 12.1. The zero-order valence-corrected chi connectivity index (χ0v) is 16.0. The number of aromatic nitrogens is 2. The lowest BCUT2D eigenvalue weighted by molar-refractivity contribution is 0.587. The van der Waals surface area contributed by atoms with Crippen molar-refractivity contribution in [1.29, 1.82) is 0 Å². The van der Waals surface area contributed by atoms with E-state index >= 15 is 0 Å². The van der Waals surface area contributed by atoms with E-state index in [1.807, 2.05) is 42.6 Å². The highest BCUT2D eigenvalue weighted by atomic mass is 32.2. The number of hydrogen-bond acceptors (Lipinski definition) is 3. The molecule has 0 spiro atoms. The van der Waals surface area contributed by atoms with E-state index in [2.05, 4.69) is 30.6 Å². The van der Waals surface area contributed by atoms with E-state index in [0.29, 0.717) is 12.2 Å². The number of sulfonamides is 1. The van der Waals surface area contributed by atoms with Gasteiger partial charge in [-0.25, -0.2) is 8.42 Å². The van der Waals surface area contributed by atoms with Crippen LogP contribution in [0.25, 0.3) is 0 Å². The van der Waals surface area contributed by atoms with Gasteiger partial charge < -0.3 is 0 Å². The van der Waals surface area contributed by atoms with Crippen LogP contribution >= 0.6 is 0 Å². The summed E-state index contributed by atoms with van der Waals surface area (Å²) in [5, 5.41) is 4.17. The highest BCUT2D eigenvalue weighted by molar-refractivity contribution is 7.92. The van der Waals surface area contributed by atoms with E-state index in [9.17, 15) is 8.42 Å². The fraction of sp³-hybridized carbons (Fsp3) is 0.250. The minimum Gasteiger partial charge on any atom is -0.280 e. The second-order valence-corrected chi connectivity index (χ2v) is 8.97. The molecule has 2 aromatic carbocycles. The molecule has 0 aliphatic heterocycles. The van der Waals surface area contributed by atoms with Gasteiger partial charge >= 0.3 is 0 Å². The van der Waals surface area contributed by atoms with Crippen LogP contribution in [0.5, 0.6) is 0 Å². The van der Waals surface area contributed by atoms with Gasteiger partial charge in [-0.2, -0.15) is 5.10 Å². The average molecular weight is 369 g/mol. The zero-order valence-electron chi connectivity index (χ0n) is 15.2. The molecule has 0 aliphatic rings. The van der Waals surface area contributed by atoms with E-state index in [-0.39, 0.29) is 10.3 Å². The van der Waals surface area contributed by atoms with Crippen molar-refractivity contribution >= 4 is 15.7 Å². The summed E-state index contributed by atoms with van der Waals surface area (Å²) in [6, 6.07) is 16.2. The first-order chi connectivity index (χ1) is 12.2. The summed E-state index contributed by atoms with van der Waals surface area (Å²) in [4.78, 5) is 0.253. The molecule has 3 rings (SSSR count). The zero-order chi connectivity index (χ0) is 18.8. The molecule has 0 saturated carbocycles. The molecule has 26 heavy (non-hydrogen) atoms. The van der Waals surface area contributed by atoms with Crippen molar-refractivity contribution < 1.29 is 8.42 Å². The van der Waals surface area contributed by atoms with Crippen molar-refractivity contribution in [2.75, 3.05) is 4.72 Å². The van der Waals surface area contributed by atoms with Crippen LogP contribution < -0.4 is 4.72 Å². The lowest BCUT2D eigenvalue weighted by Gasteiger charge is -2.19. The van der Waals surface area contributed by atoms with Gasteiger partial charge in [0.15, 0.2) is 0 Å². The van der Waals surface area contributed by atoms with Gasteiger partial charge in [-0.05, 0) is 46.9 Å². The van der Waals surface area contributed by atoms with Crippen LogP contribution in [-0.2, 0) is 22.0 Å². The molecule has 0 saturated heterocycles. The molecule has 1 heterocycles. The number of nitrogens with zero attached hydrogens (tertiary/aromatic N) is 2. The number of hydrogen-bond donors (Lipinski definition) is 1. The van der Waals surface area contributed by atoms with Gasteiger partial charge in [0, 0.05) is 18.1 Å². The Morgan fingerprint density at radius 3 is 2.38 bits per heavy atom. The summed E-state index contributed by atoms with van der Waals surface area (Å²) < 4.78 is 29.8. The molecule has 0 aliphatic carbocycles. The van der Waals surface area contributed by atoms with Crippen LogP contribution in [0, 0.1) is 0 Å². The molecule has 3 aromatic rings. The van der Waals surface area contributed by atoms with Crippen LogP contribution in [0.15, 0.2) is 71.9 Å². The first-order valence-electron chi connectivity index (χ1n) is 8.44. The monoisotopic (exact) mass is 369 g/mol. The van der Waals surface area contributed by atoms with E-state index in [1.54, 1.807) is 29.1 Å². The molecule has 0 fully saturated rings. The quantitative estimate of drug-likeness (QED) is 0.738. The topological polar surface area (TPSA) is 64.0 Å². The van der Waals surface area contributed by atoms with Crippen LogP contribution in [0.3, 0.4) is 0 Å². The predicted molar refractivity (Wildman–Crippen MR) is 104 cm³/mol. The van der Waals surface area contributed by atoms with Gasteiger partial charge in [-0.15, -0.1) is 0 Å². The van der Waals surface area contributed by atoms with Crippen LogP contribution in [0.2, 0.25) is 0 Å². The predicted octanol–water partition coefficient (Wildman–Crippen LogP) is 4.03. The van der Waals surface area contributed by atoms with E-state index < -0.39 is 10.0 Å². The van der Waals surface area contributed by atoms with Gasteiger partial charge in [-0.1, -0.05) is 45.0 Å². The Kier molecular flexibility index (Phi) is 4.87. The SMILES string of the molecule is CC(C)(C)c1ccc(S(=O)(=O)Nc2cccc(Cn3cccn3)c2)cc1. The van der Waals surface area contributed by atoms with E-state index in [4.69, 9.17) is 0 Å². The lowest BCUT2D eigenvalue weighted by atomic mass is 9.87. The summed E-state index contributed by atoms with van der Waals surface area (Å²) >= 11 is 0. The summed E-state index contributed by atoms with van der Waals surface area (Å²) in [5.41, 5.74) is 2.58. The second kappa shape index (κ2) is 6.96. The van der Waals surface area contributed by atoms with Crippen LogP contribution in [0.4, 0.5) is 5.69 Å². The average Bonchev–Trinajstić information content (AvgIpc) is 3.07.